The second-order valence-corrected chi connectivity index (χ2v) is 3.75. The van der Waals surface area contributed by atoms with Crippen molar-refractivity contribution in [3.8, 4) is 11.3 Å². The van der Waals surface area contributed by atoms with Gasteiger partial charge < -0.3 is 5.11 Å². The predicted octanol–water partition coefficient (Wildman–Crippen LogP) is 3.26. The average molecular weight is 253 g/mol. The molecule has 0 aliphatic rings. The summed E-state index contributed by atoms with van der Waals surface area (Å²) in [5.74, 6) is 0. The monoisotopic (exact) mass is 253 g/mol. The molecule has 1 N–H and O–H groups in total. The van der Waals surface area contributed by atoms with Gasteiger partial charge in [0.25, 0.3) is 0 Å². The normalized spacial score (nSPS) is 11.6. The molecule has 2 rings (SSSR count). The Kier molecular flexibility index (Phi) is 3.34. The molecule has 0 fully saturated rings. The van der Waals surface area contributed by atoms with Crippen LogP contribution in [0.4, 0.5) is 13.2 Å². The van der Waals surface area contributed by atoms with E-state index in [2.05, 4.69) is 4.98 Å². The lowest BCUT2D eigenvalue weighted by atomic mass is 10.0. The first-order valence-corrected chi connectivity index (χ1v) is 5.25. The number of alkyl halides is 3. The Hall–Kier alpha value is -1.88. The molecule has 0 amide bonds. The number of aliphatic hydroxyl groups is 1. The lowest BCUT2D eigenvalue weighted by Crippen LogP contribution is -2.07. The van der Waals surface area contributed by atoms with Crippen molar-refractivity contribution in [3.63, 3.8) is 0 Å². The van der Waals surface area contributed by atoms with Gasteiger partial charge in [0.2, 0.25) is 0 Å². The Bertz CT molecular complexity index is 538. The van der Waals surface area contributed by atoms with E-state index in [0.717, 1.165) is 12.3 Å². The number of halogens is 3. The summed E-state index contributed by atoms with van der Waals surface area (Å²) in [5, 5.41) is 9.16. The van der Waals surface area contributed by atoms with Crippen molar-refractivity contribution in [1.82, 2.24) is 4.98 Å². The summed E-state index contributed by atoms with van der Waals surface area (Å²) in [4.78, 5) is 3.81. The summed E-state index contributed by atoms with van der Waals surface area (Å²) in [7, 11) is 0. The number of aliphatic hydroxyl groups excluding tert-OH is 1. The van der Waals surface area contributed by atoms with Crippen LogP contribution in [0.1, 0.15) is 11.1 Å². The summed E-state index contributed by atoms with van der Waals surface area (Å²) >= 11 is 0. The van der Waals surface area contributed by atoms with E-state index in [4.69, 9.17) is 5.11 Å². The van der Waals surface area contributed by atoms with Crippen LogP contribution in [0, 0.1) is 0 Å². The van der Waals surface area contributed by atoms with Gasteiger partial charge in [-0.15, -0.1) is 0 Å². The van der Waals surface area contributed by atoms with Crippen LogP contribution in [0.3, 0.4) is 0 Å². The van der Waals surface area contributed by atoms with E-state index in [9.17, 15) is 13.2 Å². The van der Waals surface area contributed by atoms with Crippen LogP contribution in [0.25, 0.3) is 11.3 Å². The fourth-order valence-electron chi connectivity index (χ4n) is 1.64. The largest absolute Gasteiger partial charge is 0.417 e. The minimum Gasteiger partial charge on any atom is -0.392 e. The summed E-state index contributed by atoms with van der Waals surface area (Å²) in [6, 6.07) is 9.71. The van der Waals surface area contributed by atoms with Crippen LogP contribution in [0.15, 0.2) is 42.6 Å². The maximum Gasteiger partial charge on any atom is 0.417 e. The van der Waals surface area contributed by atoms with Crippen molar-refractivity contribution in [2.45, 2.75) is 12.8 Å². The first-order chi connectivity index (χ1) is 8.52. The summed E-state index contributed by atoms with van der Waals surface area (Å²) in [6.45, 7) is -0.485. The van der Waals surface area contributed by atoms with Gasteiger partial charge in [0.15, 0.2) is 0 Å². The minimum atomic E-state index is -4.45. The molecule has 0 bridgehead atoms. The van der Waals surface area contributed by atoms with Gasteiger partial charge in [0.1, 0.15) is 0 Å². The van der Waals surface area contributed by atoms with E-state index in [1.165, 1.54) is 0 Å². The quantitative estimate of drug-likeness (QED) is 0.891. The second kappa shape index (κ2) is 4.78. The number of pyridine rings is 1. The van der Waals surface area contributed by atoms with Crippen molar-refractivity contribution in [3.05, 3.63) is 53.7 Å². The molecule has 1 aromatic heterocycles. The molecule has 0 aliphatic heterocycles. The van der Waals surface area contributed by atoms with Gasteiger partial charge in [-0.2, -0.15) is 13.2 Å². The lowest BCUT2D eigenvalue weighted by Gasteiger charge is -2.11. The van der Waals surface area contributed by atoms with Gasteiger partial charge in [-0.1, -0.05) is 30.3 Å². The molecule has 5 heteroatoms. The summed E-state index contributed by atoms with van der Waals surface area (Å²) in [5.41, 5.74) is 0.351. The number of nitrogens with zero attached hydrogens (tertiary/aromatic N) is 1. The molecule has 18 heavy (non-hydrogen) atoms. The third-order valence-corrected chi connectivity index (χ3v) is 2.51. The number of hydrogen-bond acceptors (Lipinski definition) is 2. The molecule has 0 saturated carbocycles. The minimum absolute atomic E-state index is 0.163. The zero-order chi connectivity index (χ0) is 13.2. The van der Waals surface area contributed by atoms with E-state index in [0.29, 0.717) is 11.3 Å². The van der Waals surface area contributed by atoms with Gasteiger partial charge in [0.05, 0.1) is 17.9 Å². The van der Waals surface area contributed by atoms with Gasteiger partial charge in [-0.3, -0.25) is 4.98 Å². The SMILES string of the molecule is OCc1cc(C(F)(F)F)cnc1-c1ccccc1. The highest BCUT2D eigenvalue weighted by Crippen LogP contribution is 2.31. The average Bonchev–Trinajstić information content (AvgIpc) is 2.38. The molecule has 0 unspecified atom stereocenters. The fraction of sp³-hybridized carbons (Fsp3) is 0.154. The Morgan fingerprint density at radius 1 is 1.11 bits per heavy atom. The fourth-order valence-corrected chi connectivity index (χ4v) is 1.64. The molecular formula is C13H10F3NO. The molecule has 0 radical (unpaired) electrons. The van der Waals surface area contributed by atoms with Gasteiger partial charge in [-0.25, -0.2) is 0 Å². The molecule has 0 spiro atoms. The number of benzene rings is 1. The zero-order valence-corrected chi connectivity index (χ0v) is 9.28. The molecule has 2 nitrogen and oxygen atoms in total. The van der Waals surface area contributed by atoms with Crippen LogP contribution >= 0.6 is 0 Å². The summed E-state index contributed by atoms with van der Waals surface area (Å²) in [6.07, 6.45) is -3.67. The number of hydrogen-bond donors (Lipinski definition) is 1. The van der Waals surface area contributed by atoms with Crippen LogP contribution < -0.4 is 0 Å². The van der Waals surface area contributed by atoms with Crippen LogP contribution in [-0.4, -0.2) is 10.1 Å². The predicted molar refractivity (Wildman–Crippen MR) is 60.6 cm³/mol. The second-order valence-electron chi connectivity index (χ2n) is 3.75. The highest BCUT2D eigenvalue weighted by molar-refractivity contribution is 5.63. The molecule has 1 aromatic carbocycles. The van der Waals surface area contributed by atoms with Crippen LogP contribution in [-0.2, 0) is 12.8 Å². The van der Waals surface area contributed by atoms with Crippen LogP contribution in [0.2, 0.25) is 0 Å². The lowest BCUT2D eigenvalue weighted by molar-refractivity contribution is -0.137. The maximum atomic E-state index is 12.5. The maximum absolute atomic E-state index is 12.5. The van der Waals surface area contributed by atoms with Crippen molar-refractivity contribution >= 4 is 0 Å². The van der Waals surface area contributed by atoms with E-state index >= 15 is 0 Å². The topological polar surface area (TPSA) is 33.1 Å². The highest BCUT2D eigenvalue weighted by atomic mass is 19.4. The van der Waals surface area contributed by atoms with E-state index < -0.39 is 18.3 Å². The Morgan fingerprint density at radius 3 is 2.33 bits per heavy atom. The van der Waals surface area contributed by atoms with E-state index in [1.807, 2.05) is 0 Å². The van der Waals surface area contributed by atoms with Crippen molar-refractivity contribution < 1.29 is 18.3 Å². The standard InChI is InChI=1S/C13H10F3NO/c14-13(15,16)11-6-10(8-18)12(17-7-11)9-4-2-1-3-5-9/h1-7,18H,8H2. The Morgan fingerprint density at radius 2 is 1.78 bits per heavy atom. The number of rotatable bonds is 2. The Labute approximate surface area is 102 Å². The van der Waals surface area contributed by atoms with E-state index in [1.54, 1.807) is 30.3 Å². The molecule has 0 atom stereocenters. The smallest absolute Gasteiger partial charge is 0.392 e. The number of aromatic nitrogens is 1. The van der Waals surface area contributed by atoms with E-state index in [-0.39, 0.29) is 5.56 Å². The molecule has 0 saturated heterocycles. The first-order valence-electron chi connectivity index (χ1n) is 5.25. The highest BCUT2D eigenvalue weighted by Gasteiger charge is 2.31. The first kappa shape index (κ1) is 12.6. The molecular weight excluding hydrogens is 243 g/mol. The zero-order valence-electron chi connectivity index (χ0n) is 9.28. The van der Waals surface area contributed by atoms with Crippen molar-refractivity contribution in [2.24, 2.45) is 0 Å². The Balaban J connectivity index is 2.51. The summed E-state index contributed by atoms with van der Waals surface area (Å²) < 4.78 is 37.6. The molecule has 2 aromatic rings. The molecule has 94 valence electrons. The van der Waals surface area contributed by atoms with Crippen LogP contribution in [0.5, 0.6) is 0 Å². The third-order valence-electron chi connectivity index (χ3n) is 2.51. The third kappa shape index (κ3) is 2.51. The molecule has 0 aliphatic carbocycles. The molecule has 1 heterocycles. The van der Waals surface area contributed by atoms with Crippen molar-refractivity contribution in [2.75, 3.05) is 0 Å². The van der Waals surface area contributed by atoms with Crippen molar-refractivity contribution in [1.29, 1.82) is 0 Å². The van der Waals surface area contributed by atoms with Gasteiger partial charge >= 0.3 is 6.18 Å². The van der Waals surface area contributed by atoms with Gasteiger partial charge in [-0.05, 0) is 6.07 Å². The van der Waals surface area contributed by atoms with Gasteiger partial charge in [0, 0.05) is 17.3 Å².